The first-order valence-corrected chi connectivity index (χ1v) is 10.6. The van der Waals surface area contributed by atoms with Gasteiger partial charge in [0, 0.05) is 34.7 Å². The fourth-order valence-electron chi connectivity index (χ4n) is 3.00. The summed E-state index contributed by atoms with van der Waals surface area (Å²) in [5, 5.41) is 0. The number of pyridine rings is 3. The Morgan fingerprint density at radius 1 is 0.433 bits per heavy atom. The van der Waals surface area contributed by atoms with Crippen molar-refractivity contribution in [2.45, 2.75) is 83.1 Å². The lowest BCUT2D eigenvalue weighted by atomic mass is 10.1. The maximum absolute atomic E-state index is 4.37. The maximum atomic E-state index is 4.37. The first-order chi connectivity index (χ1) is 13.8. The van der Waals surface area contributed by atoms with Crippen LogP contribution in [0.4, 0.5) is 0 Å². The van der Waals surface area contributed by atoms with Gasteiger partial charge in [0.15, 0.2) is 0 Å². The van der Waals surface area contributed by atoms with E-state index in [9.17, 15) is 0 Å². The molecule has 3 heteroatoms. The van der Waals surface area contributed by atoms with E-state index in [1.165, 1.54) is 38.9 Å². The molecule has 0 spiro atoms. The molecule has 0 aliphatic carbocycles. The molecule has 0 amide bonds. The molecule has 162 valence electrons. The van der Waals surface area contributed by atoms with Crippen molar-refractivity contribution in [1.29, 1.82) is 0 Å². The Hall–Kier alpha value is -2.55. The average Bonchev–Trinajstić information content (AvgIpc) is 2.67. The van der Waals surface area contributed by atoms with Crippen LogP contribution >= 0.6 is 0 Å². The predicted molar refractivity (Wildman–Crippen MR) is 130 cm³/mol. The third-order valence-electron chi connectivity index (χ3n) is 5.96. The van der Waals surface area contributed by atoms with Crippen molar-refractivity contribution in [1.82, 2.24) is 15.0 Å². The Morgan fingerprint density at radius 2 is 0.967 bits per heavy atom. The van der Waals surface area contributed by atoms with E-state index in [1.54, 1.807) is 0 Å². The van der Waals surface area contributed by atoms with Crippen molar-refractivity contribution in [2.75, 3.05) is 0 Å². The third-order valence-corrected chi connectivity index (χ3v) is 5.96. The van der Waals surface area contributed by atoms with Gasteiger partial charge in [-0.3, -0.25) is 15.0 Å². The van der Waals surface area contributed by atoms with E-state index in [0.29, 0.717) is 0 Å². The first kappa shape index (κ1) is 25.5. The zero-order chi connectivity index (χ0) is 23.2. The molecular weight excluding hydrogens is 366 g/mol. The minimum atomic E-state index is 1.11. The molecule has 30 heavy (non-hydrogen) atoms. The molecule has 0 radical (unpaired) electrons. The smallest absolute Gasteiger partial charge is 0.0407 e. The molecule has 3 aromatic heterocycles. The van der Waals surface area contributed by atoms with Crippen molar-refractivity contribution in [2.24, 2.45) is 0 Å². The number of hydrogen-bond acceptors (Lipinski definition) is 3. The summed E-state index contributed by atoms with van der Waals surface area (Å²) < 4.78 is 0. The van der Waals surface area contributed by atoms with Gasteiger partial charge >= 0.3 is 0 Å². The van der Waals surface area contributed by atoms with Crippen LogP contribution in [0.15, 0.2) is 18.3 Å². The van der Waals surface area contributed by atoms with Gasteiger partial charge in [-0.05, 0) is 128 Å². The van der Waals surface area contributed by atoms with Crippen molar-refractivity contribution in [3.63, 3.8) is 0 Å². The second kappa shape index (κ2) is 11.0. The van der Waals surface area contributed by atoms with E-state index in [2.05, 4.69) is 82.5 Å². The lowest BCUT2D eigenvalue weighted by Crippen LogP contribution is -1.92. The van der Waals surface area contributed by atoms with Gasteiger partial charge in [0.25, 0.3) is 0 Å². The highest BCUT2D eigenvalue weighted by Gasteiger charge is 1.99. The van der Waals surface area contributed by atoms with Gasteiger partial charge in [-0.1, -0.05) is 6.07 Å². The molecule has 3 aromatic rings. The summed E-state index contributed by atoms with van der Waals surface area (Å²) in [6.07, 6.45) is 1.93. The van der Waals surface area contributed by atoms with E-state index in [-0.39, 0.29) is 0 Å². The van der Waals surface area contributed by atoms with Crippen LogP contribution in [0.3, 0.4) is 0 Å². The first-order valence-electron chi connectivity index (χ1n) is 10.6. The Kier molecular flexibility index (Phi) is 9.35. The number of hydrogen-bond donors (Lipinski definition) is 0. The SMILES string of the molecule is Cc1cc(C)c(C)c(C)n1.Cc1cc(C)c(C)nc1C.Cc1cnc(C)c(C)c1C. The number of rotatable bonds is 0. The van der Waals surface area contributed by atoms with Crippen LogP contribution in [0.25, 0.3) is 0 Å². The number of nitrogens with zero attached hydrogens (tertiary/aromatic N) is 3. The minimum Gasteiger partial charge on any atom is -0.261 e. The standard InChI is InChI=1S/3C9H13N/c1-6-5-10-9(4)8(3)7(6)2;1-6-5-7(2)10-9(4)8(6)3;1-6-5-7(2)9(4)10-8(6)3/h3*5H,1-4H3. The van der Waals surface area contributed by atoms with Gasteiger partial charge in [0.05, 0.1) is 0 Å². The van der Waals surface area contributed by atoms with Gasteiger partial charge in [0.2, 0.25) is 0 Å². The molecule has 0 fully saturated rings. The molecular formula is C27H39N3. The predicted octanol–water partition coefficient (Wildman–Crippen LogP) is 6.95. The summed E-state index contributed by atoms with van der Waals surface area (Å²) in [5.41, 5.74) is 14.9. The van der Waals surface area contributed by atoms with E-state index >= 15 is 0 Å². The molecule has 0 aromatic carbocycles. The Balaban J connectivity index is 0.000000225. The summed E-state index contributed by atoms with van der Waals surface area (Å²) in [5.74, 6) is 0. The highest BCUT2D eigenvalue weighted by molar-refractivity contribution is 5.32. The second-order valence-electron chi connectivity index (χ2n) is 8.36. The zero-order valence-corrected chi connectivity index (χ0v) is 21.1. The second-order valence-corrected chi connectivity index (χ2v) is 8.36. The Labute approximate surface area is 184 Å². The van der Waals surface area contributed by atoms with Gasteiger partial charge in [0.1, 0.15) is 0 Å². The Morgan fingerprint density at radius 3 is 1.40 bits per heavy atom. The monoisotopic (exact) mass is 405 g/mol. The fourth-order valence-corrected chi connectivity index (χ4v) is 3.00. The minimum absolute atomic E-state index is 1.11. The van der Waals surface area contributed by atoms with Gasteiger partial charge in [-0.25, -0.2) is 0 Å². The lowest BCUT2D eigenvalue weighted by Gasteiger charge is -2.05. The molecule has 3 nitrogen and oxygen atoms in total. The highest BCUT2D eigenvalue weighted by Crippen LogP contribution is 2.13. The van der Waals surface area contributed by atoms with Crippen molar-refractivity contribution in [3.8, 4) is 0 Å². The summed E-state index contributed by atoms with van der Waals surface area (Å²) in [6.45, 7) is 25.0. The molecule has 0 bridgehead atoms. The van der Waals surface area contributed by atoms with E-state index in [1.807, 2.05) is 33.9 Å². The van der Waals surface area contributed by atoms with Crippen LogP contribution in [0, 0.1) is 83.1 Å². The van der Waals surface area contributed by atoms with Gasteiger partial charge in [-0.2, -0.15) is 0 Å². The summed E-state index contributed by atoms with van der Waals surface area (Å²) in [7, 11) is 0. The zero-order valence-electron chi connectivity index (χ0n) is 21.1. The topological polar surface area (TPSA) is 38.7 Å². The van der Waals surface area contributed by atoms with Crippen LogP contribution in [-0.2, 0) is 0 Å². The molecule has 0 aliphatic rings. The molecule has 0 saturated carbocycles. The van der Waals surface area contributed by atoms with Crippen molar-refractivity contribution >= 4 is 0 Å². The largest absolute Gasteiger partial charge is 0.261 e. The molecule has 0 atom stereocenters. The van der Waals surface area contributed by atoms with Crippen LogP contribution in [-0.4, -0.2) is 15.0 Å². The molecule has 3 rings (SSSR count). The van der Waals surface area contributed by atoms with Gasteiger partial charge < -0.3 is 0 Å². The molecule has 0 N–H and O–H groups in total. The molecule has 0 saturated heterocycles. The number of aryl methyl sites for hydroxylation is 9. The molecule has 3 heterocycles. The van der Waals surface area contributed by atoms with Crippen LogP contribution < -0.4 is 0 Å². The van der Waals surface area contributed by atoms with E-state index in [0.717, 1.165) is 28.5 Å². The van der Waals surface area contributed by atoms with Crippen molar-refractivity contribution in [3.05, 3.63) is 85.7 Å². The normalized spacial score (nSPS) is 10.0. The average molecular weight is 406 g/mol. The maximum Gasteiger partial charge on any atom is 0.0407 e. The van der Waals surface area contributed by atoms with Crippen LogP contribution in [0.5, 0.6) is 0 Å². The summed E-state index contributed by atoms with van der Waals surface area (Å²) in [6, 6.07) is 4.29. The van der Waals surface area contributed by atoms with E-state index in [4.69, 9.17) is 0 Å². The van der Waals surface area contributed by atoms with E-state index < -0.39 is 0 Å². The quantitative estimate of drug-likeness (QED) is 0.406. The lowest BCUT2D eigenvalue weighted by molar-refractivity contribution is 1.06. The van der Waals surface area contributed by atoms with Crippen LogP contribution in [0.1, 0.15) is 67.4 Å². The molecule has 0 aliphatic heterocycles. The van der Waals surface area contributed by atoms with Crippen LogP contribution in [0.2, 0.25) is 0 Å². The number of aromatic nitrogens is 3. The summed E-state index contributed by atoms with van der Waals surface area (Å²) in [4.78, 5) is 12.9. The van der Waals surface area contributed by atoms with Gasteiger partial charge in [-0.15, -0.1) is 0 Å². The fraction of sp³-hybridized carbons (Fsp3) is 0.444. The summed E-state index contributed by atoms with van der Waals surface area (Å²) >= 11 is 0. The molecule has 0 unspecified atom stereocenters. The highest BCUT2D eigenvalue weighted by atomic mass is 14.7. The van der Waals surface area contributed by atoms with Crippen molar-refractivity contribution < 1.29 is 0 Å². The third kappa shape index (κ3) is 7.05. The Bertz CT molecular complexity index is 917.